The fraction of sp³-hybridized carbons (Fsp3) is 0.273. The van der Waals surface area contributed by atoms with E-state index in [0.717, 1.165) is 25.7 Å². The van der Waals surface area contributed by atoms with Crippen LogP contribution in [-0.2, 0) is 25.7 Å². The topological polar surface area (TPSA) is 0 Å². The summed E-state index contributed by atoms with van der Waals surface area (Å²) in [6.07, 6.45) is 24.6. The third-order valence-corrected chi connectivity index (χ3v) is 20.6. The van der Waals surface area contributed by atoms with Crippen molar-refractivity contribution in [2.75, 3.05) is 0 Å². The molecule has 0 aliphatic heterocycles. The van der Waals surface area contributed by atoms with E-state index in [9.17, 15) is 0 Å². The molecule has 0 nitrogen and oxygen atoms in total. The van der Waals surface area contributed by atoms with Crippen molar-refractivity contribution in [3.8, 4) is 66.8 Å². The largest absolute Gasteiger partial charge is 0.0654 e. The average molecular weight is 1140 g/mol. The normalized spacial score (nSPS) is 12.3. The van der Waals surface area contributed by atoms with Gasteiger partial charge >= 0.3 is 0 Å². The first-order valence-electron chi connectivity index (χ1n) is 34.3. The highest BCUT2D eigenvalue weighted by Crippen LogP contribution is 2.56. The molecule has 0 N–H and O–H groups in total. The number of hydrogen-bond acceptors (Lipinski definition) is 0. The molecule has 0 aromatic heterocycles. The number of aryl methyl sites for hydroxylation is 4. The molecule has 2 aliphatic rings. The van der Waals surface area contributed by atoms with E-state index < -0.39 is 0 Å². The molecule has 0 atom stereocenters. The van der Waals surface area contributed by atoms with Gasteiger partial charge < -0.3 is 0 Å². The lowest BCUT2D eigenvalue weighted by Crippen LogP contribution is -1.98. The Balaban J connectivity index is 1.11. The molecule has 436 valence electrons. The Bertz CT molecular complexity index is 4610. The van der Waals surface area contributed by atoms with Crippen LogP contribution in [0.2, 0.25) is 0 Å². The Morgan fingerprint density at radius 1 is 0.227 bits per heavy atom. The first kappa shape index (κ1) is 56.2. The molecule has 0 unspecified atom stereocenters. The molecule has 15 rings (SSSR count). The quantitative estimate of drug-likeness (QED) is 0.0418. The fourth-order valence-corrected chi connectivity index (χ4v) is 16.1. The number of rotatable bonds is 24. The van der Waals surface area contributed by atoms with Crippen LogP contribution in [0.4, 0.5) is 0 Å². The van der Waals surface area contributed by atoms with Crippen LogP contribution in [0.5, 0.6) is 0 Å². The summed E-state index contributed by atoms with van der Waals surface area (Å²) in [5.41, 5.74) is 21.7. The predicted octanol–water partition coefficient (Wildman–Crippen LogP) is 25.7. The van der Waals surface area contributed by atoms with Crippen LogP contribution in [0.1, 0.15) is 153 Å². The van der Waals surface area contributed by atoms with E-state index in [1.807, 2.05) is 0 Å². The highest BCUT2D eigenvalue weighted by molar-refractivity contribution is 6.27. The zero-order chi connectivity index (χ0) is 59.2. The Morgan fingerprint density at radius 2 is 0.511 bits per heavy atom. The monoisotopic (exact) mass is 1140 g/mol. The van der Waals surface area contributed by atoms with Crippen molar-refractivity contribution in [3.05, 3.63) is 237 Å². The second-order valence-corrected chi connectivity index (χ2v) is 26.3. The van der Waals surface area contributed by atoms with E-state index in [1.165, 1.54) is 277 Å². The van der Waals surface area contributed by atoms with Crippen molar-refractivity contribution in [1.82, 2.24) is 0 Å². The van der Waals surface area contributed by atoms with Gasteiger partial charge in [-0.05, 0) is 238 Å². The molecule has 2 aliphatic carbocycles. The van der Waals surface area contributed by atoms with Gasteiger partial charge in [-0.25, -0.2) is 0 Å². The van der Waals surface area contributed by atoms with E-state index >= 15 is 0 Å². The number of fused-ring (bicyclic) bond motifs is 6. The molecule has 0 amide bonds. The molecule has 13 aromatic rings. The van der Waals surface area contributed by atoms with Gasteiger partial charge in [0.1, 0.15) is 0 Å². The van der Waals surface area contributed by atoms with Crippen molar-refractivity contribution in [2.45, 2.75) is 156 Å². The van der Waals surface area contributed by atoms with E-state index in [0.29, 0.717) is 0 Å². The van der Waals surface area contributed by atoms with Crippen molar-refractivity contribution in [2.24, 2.45) is 0 Å². The molecular weight excluding hydrogens is 1060 g/mol. The summed E-state index contributed by atoms with van der Waals surface area (Å²) in [7, 11) is 0. The number of benzene rings is 13. The molecule has 0 spiro atoms. The highest BCUT2D eigenvalue weighted by atomic mass is 14.3. The van der Waals surface area contributed by atoms with Crippen LogP contribution in [0.3, 0.4) is 0 Å². The SMILES string of the molecule is CCCCCCc1ccc(-c2c3c(c(-c4ccc(CCCCCC)cc4)c4cc5c(-c6ccc(CCCCCC)cc6)c6c(c(-c7ccc(CCCCCC)cc7)c5cc24)=c2ccc4cccc5ccc-6c2c54)=c2ccc4cccc5ccc-3c2c54)cc1. The van der Waals surface area contributed by atoms with Gasteiger partial charge in [-0.3, -0.25) is 0 Å². The van der Waals surface area contributed by atoms with E-state index in [2.05, 4.69) is 222 Å². The van der Waals surface area contributed by atoms with E-state index in [1.54, 1.807) is 0 Å². The average Bonchev–Trinajstić information content (AvgIpc) is 1.20. The van der Waals surface area contributed by atoms with Gasteiger partial charge in [-0.15, -0.1) is 0 Å². The molecule has 0 fully saturated rings. The highest BCUT2D eigenvalue weighted by Gasteiger charge is 2.31. The standard InChI is InChI=1S/C88H84/c1-5-9-13-17-23-57-31-39-65(40-32-57)79-73-55-75-76(56-74(73)80(66-41-33-58(34-42-66)24-18-14-10-6-2)86-70-52-48-62-28-21-27-61-47-51-69(85(79)86)83(70)77(61)62)82(68-45-37-60(38-46-68)26-20-16-12-8-4)88-72-54-50-64-30-22-29-63-49-53-71(84(72)78(63)64)87(88)81(75)67-43-35-59(36-44-67)25-19-15-11-7-3/h21-22,27-56H,5-20,23-26H2,1-4H3. The molecule has 0 radical (unpaired) electrons. The van der Waals surface area contributed by atoms with Gasteiger partial charge in [0.05, 0.1) is 0 Å². The van der Waals surface area contributed by atoms with Crippen molar-refractivity contribution in [3.63, 3.8) is 0 Å². The molecule has 88 heavy (non-hydrogen) atoms. The molecule has 0 saturated carbocycles. The molecule has 0 bridgehead atoms. The lowest BCUT2D eigenvalue weighted by Gasteiger charge is -2.23. The van der Waals surface area contributed by atoms with Crippen molar-refractivity contribution in [1.29, 1.82) is 0 Å². The Kier molecular flexibility index (Phi) is 15.5. The zero-order valence-corrected chi connectivity index (χ0v) is 52.6. The minimum Gasteiger partial charge on any atom is -0.0654 e. The third-order valence-electron chi connectivity index (χ3n) is 20.6. The lowest BCUT2D eigenvalue weighted by atomic mass is 9.80. The van der Waals surface area contributed by atoms with Gasteiger partial charge in [-0.1, -0.05) is 287 Å². The summed E-state index contributed by atoms with van der Waals surface area (Å²) in [5.74, 6) is 0. The fourth-order valence-electron chi connectivity index (χ4n) is 16.1. The first-order valence-corrected chi connectivity index (χ1v) is 34.3. The third kappa shape index (κ3) is 9.82. The molecule has 13 aromatic carbocycles. The van der Waals surface area contributed by atoms with Gasteiger partial charge in [0.15, 0.2) is 0 Å². The van der Waals surface area contributed by atoms with Crippen molar-refractivity contribution >= 4 is 64.6 Å². The predicted molar refractivity (Wildman–Crippen MR) is 382 cm³/mol. The van der Waals surface area contributed by atoms with Crippen LogP contribution in [0, 0.1) is 20.9 Å². The summed E-state index contributed by atoms with van der Waals surface area (Å²) >= 11 is 0. The van der Waals surface area contributed by atoms with E-state index in [4.69, 9.17) is 0 Å². The molecule has 0 heteroatoms. The van der Waals surface area contributed by atoms with Crippen LogP contribution >= 0.6 is 0 Å². The summed E-state index contributed by atoms with van der Waals surface area (Å²) < 4.78 is 0. The minimum absolute atomic E-state index is 1.11. The van der Waals surface area contributed by atoms with Crippen molar-refractivity contribution < 1.29 is 0 Å². The molecule has 0 heterocycles. The zero-order valence-electron chi connectivity index (χ0n) is 52.6. The number of unbranched alkanes of at least 4 members (excludes halogenated alkanes) is 12. The Hall–Kier alpha value is -8.32. The second-order valence-electron chi connectivity index (χ2n) is 26.3. The summed E-state index contributed by atoms with van der Waals surface area (Å²) in [6.45, 7) is 9.26. The maximum Gasteiger partial charge on any atom is -0.000740 e. The van der Waals surface area contributed by atoms with Gasteiger partial charge in [0, 0.05) is 0 Å². The van der Waals surface area contributed by atoms with Crippen LogP contribution in [0.15, 0.2) is 194 Å². The summed E-state index contributed by atoms with van der Waals surface area (Å²) in [4.78, 5) is 0. The maximum atomic E-state index is 2.71. The first-order chi connectivity index (χ1) is 43.5. The van der Waals surface area contributed by atoms with Gasteiger partial charge in [-0.2, -0.15) is 0 Å². The molecular formula is C88H84. The van der Waals surface area contributed by atoms with Crippen LogP contribution < -0.4 is 0 Å². The van der Waals surface area contributed by atoms with Crippen LogP contribution in [-0.4, -0.2) is 0 Å². The van der Waals surface area contributed by atoms with Gasteiger partial charge in [0.2, 0.25) is 0 Å². The minimum atomic E-state index is 1.11. The maximum absolute atomic E-state index is 2.71. The Morgan fingerprint density at radius 3 is 0.818 bits per heavy atom. The molecule has 0 saturated heterocycles. The Labute approximate surface area is 521 Å². The summed E-state index contributed by atoms with van der Waals surface area (Å²) in [6, 6.07) is 78.3. The number of hydrogen-bond donors (Lipinski definition) is 0. The lowest BCUT2D eigenvalue weighted by molar-refractivity contribution is 0.667. The smallest absolute Gasteiger partial charge is 0.000740 e. The van der Waals surface area contributed by atoms with E-state index in [-0.39, 0.29) is 0 Å². The van der Waals surface area contributed by atoms with Crippen LogP contribution in [0.25, 0.3) is 131 Å². The van der Waals surface area contributed by atoms with Gasteiger partial charge in [0.25, 0.3) is 0 Å². The summed E-state index contributed by atoms with van der Waals surface area (Å²) in [5, 5.41) is 21.5. The second kappa shape index (κ2) is 24.3.